The number of fused-ring (bicyclic) bond motifs is 1. The molecular weight excluding hydrogens is 360 g/mol. The molecule has 5 heteroatoms. The van der Waals surface area contributed by atoms with Crippen LogP contribution in [0.1, 0.15) is 22.0 Å². The third-order valence-electron chi connectivity index (χ3n) is 6.95. The van der Waals surface area contributed by atoms with Crippen molar-refractivity contribution in [3.05, 3.63) is 65.7 Å². The van der Waals surface area contributed by atoms with Crippen molar-refractivity contribution in [1.29, 1.82) is 0 Å². The van der Waals surface area contributed by atoms with Gasteiger partial charge in [0.25, 0.3) is 5.91 Å². The molecule has 1 N–H and O–H groups in total. The van der Waals surface area contributed by atoms with Gasteiger partial charge in [-0.25, -0.2) is 0 Å². The highest BCUT2D eigenvalue weighted by molar-refractivity contribution is 5.95. The van der Waals surface area contributed by atoms with Crippen molar-refractivity contribution >= 4 is 11.6 Å². The van der Waals surface area contributed by atoms with Gasteiger partial charge in [-0.3, -0.25) is 4.79 Å². The van der Waals surface area contributed by atoms with Gasteiger partial charge in [0.2, 0.25) is 0 Å². The minimum atomic E-state index is 0.165. The van der Waals surface area contributed by atoms with Crippen LogP contribution in [0.5, 0.6) is 0 Å². The van der Waals surface area contributed by atoms with Crippen molar-refractivity contribution in [2.75, 3.05) is 57.8 Å². The van der Waals surface area contributed by atoms with E-state index in [0.29, 0.717) is 11.8 Å². The largest absolute Gasteiger partial charge is 0.369 e. The molecule has 1 amide bonds. The molecule has 3 aliphatic rings. The summed E-state index contributed by atoms with van der Waals surface area (Å²) in [6, 6.07) is 19.0. The fourth-order valence-electron chi connectivity index (χ4n) is 5.25. The second-order valence-electron chi connectivity index (χ2n) is 8.73. The molecule has 3 heterocycles. The van der Waals surface area contributed by atoms with E-state index in [2.05, 4.69) is 63.5 Å². The van der Waals surface area contributed by atoms with E-state index >= 15 is 0 Å². The number of anilines is 1. The van der Waals surface area contributed by atoms with Gasteiger partial charge in [0.15, 0.2) is 0 Å². The Morgan fingerprint density at radius 3 is 2.38 bits per heavy atom. The van der Waals surface area contributed by atoms with E-state index < -0.39 is 0 Å². The minimum absolute atomic E-state index is 0.165. The van der Waals surface area contributed by atoms with E-state index in [1.165, 1.54) is 11.3 Å². The summed E-state index contributed by atoms with van der Waals surface area (Å²) in [5, 5.41) is 3.52. The van der Waals surface area contributed by atoms with Gasteiger partial charge in [0, 0.05) is 63.0 Å². The van der Waals surface area contributed by atoms with Crippen LogP contribution < -0.4 is 10.2 Å². The van der Waals surface area contributed by atoms with Crippen molar-refractivity contribution in [3.8, 4) is 0 Å². The van der Waals surface area contributed by atoms with Crippen LogP contribution in [0.2, 0.25) is 0 Å². The maximum Gasteiger partial charge on any atom is 0.254 e. The molecule has 2 aromatic rings. The number of amides is 1. The predicted octanol–water partition coefficient (Wildman–Crippen LogP) is 2.47. The first kappa shape index (κ1) is 18.6. The molecule has 5 nitrogen and oxygen atoms in total. The number of rotatable bonds is 3. The van der Waals surface area contributed by atoms with E-state index in [1.54, 1.807) is 0 Å². The van der Waals surface area contributed by atoms with Crippen molar-refractivity contribution in [2.45, 2.75) is 6.04 Å². The molecule has 0 radical (unpaired) electrons. The summed E-state index contributed by atoms with van der Waals surface area (Å²) < 4.78 is 0. The van der Waals surface area contributed by atoms with E-state index in [4.69, 9.17) is 0 Å². The molecule has 3 fully saturated rings. The zero-order valence-electron chi connectivity index (χ0n) is 17.1. The van der Waals surface area contributed by atoms with Gasteiger partial charge >= 0.3 is 0 Å². The van der Waals surface area contributed by atoms with Crippen LogP contribution in [0.3, 0.4) is 0 Å². The lowest BCUT2D eigenvalue weighted by molar-refractivity contribution is 0.0714. The molecular formula is C24H30N4O. The molecule has 3 aliphatic heterocycles. The molecule has 0 bridgehead atoms. The smallest absolute Gasteiger partial charge is 0.254 e. The number of carbonyl (C=O) groups is 1. The lowest BCUT2D eigenvalue weighted by Crippen LogP contribution is -2.44. The topological polar surface area (TPSA) is 38.8 Å². The Bertz CT molecular complexity index is 845. The van der Waals surface area contributed by atoms with Gasteiger partial charge in [-0.05, 0) is 42.8 Å². The Labute approximate surface area is 173 Å². The number of piperazine rings is 1. The normalized spacial score (nSPS) is 27.3. The fraction of sp³-hybridized carbons (Fsp3) is 0.458. The molecule has 0 spiro atoms. The van der Waals surface area contributed by atoms with Gasteiger partial charge in [0.1, 0.15) is 0 Å². The molecule has 0 aromatic heterocycles. The number of hydrogen-bond donors (Lipinski definition) is 1. The highest BCUT2D eigenvalue weighted by atomic mass is 16.2. The number of likely N-dealkylation sites (N-methyl/N-ethyl adjacent to an activating group) is 1. The lowest BCUT2D eigenvalue weighted by Gasteiger charge is -2.34. The van der Waals surface area contributed by atoms with Crippen LogP contribution in [0, 0.1) is 11.8 Å². The fourth-order valence-corrected chi connectivity index (χ4v) is 5.25. The van der Waals surface area contributed by atoms with Crippen molar-refractivity contribution in [1.82, 2.24) is 15.1 Å². The van der Waals surface area contributed by atoms with Crippen LogP contribution in [0.25, 0.3) is 0 Å². The van der Waals surface area contributed by atoms with E-state index in [1.807, 2.05) is 18.2 Å². The SMILES string of the molecule is CN1CCN(c2ccc(C(=O)N3C[C@@H]4CNC[C@@H]4[C@H]3c3ccccc3)cc2)CC1. The number of likely N-dealkylation sites (tertiary alicyclic amines) is 1. The Hall–Kier alpha value is -2.37. The summed E-state index contributed by atoms with van der Waals surface area (Å²) in [7, 11) is 2.17. The lowest BCUT2D eigenvalue weighted by atomic mass is 9.89. The van der Waals surface area contributed by atoms with E-state index in [0.717, 1.165) is 51.4 Å². The first-order chi connectivity index (χ1) is 14.2. The third kappa shape index (κ3) is 3.53. The van der Waals surface area contributed by atoms with Crippen molar-refractivity contribution < 1.29 is 4.79 Å². The minimum Gasteiger partial charge on any atom is -0.369 e. The summed E-state index contributed by atoms with van der Waals surface area (Å²) >= 11 is 0. The van der Waals surface area contributed by atoms with Crippen LogP contribution in [0.15, 0.2) is 54.6 Å². The van der Waals surface area contributed by atoms with Gasteiger partial charge < -0.3 is 20.0 Å². The predicted molar refractivity (Wildman–Crippen MR) is 116 cm³/mol. The first-order valence-electron chi connectivity index (χ1n) is 10.8. The highest BCUT2D eigenvalue weighted by Crippen LogP contribution is 2.43. The molecule has 29 heavy (non-hydrogen) atoms. The van der Waals surface area contributed by atoms with Crippen molar-refractivity contribution in [3.63, 3.8) is 0 Å². The van der Waals surface area contributed by atoms with Crippen LogP contribution >= 0.6 is 0 Å². The maximum absolute atomic E-state index is 13.5. The van der Waals surface area contributed by atoms with Gasteiger partial charge in [-0.1, -0.05) is 30.3 Å². The van der Waals surface area contributed by atoms with E-state index in [-0.39, 0.29) is 11.9 Å². The van der Waals surface area contributed by atoms with Crippen LogP contribution in [-0.4, -0.2) is 68.6 Å². The summed E-state index contributed by atoms with van der Waals surface area (Å²) in [6.45, 7) is 7.12. The molecule has 2 aromatic carbocycles. The summed E-state index contributed by atoms with van der Waals surface area (Å²) in [5.41, 5.74) is 3.28. The number of carbonyl (C=O) groups excluding carboxylic acids is 1. The molecule has 0 saturated carbocycles. The number of nitrogens with zero attached hydrogens (tertiary/aromatic N) is 3. The summed E-state index contributed by atoms with van der Waals surface area (Å²) in [4.78, 5) is 20.4. The molecule has 3 saturated heterocycles. The quantitative estimate of drug-likeness (QED) is 0.874. The Balaban J connectivity index is 1.36. The zero-order chi connectivity index (χ0) is 19.8. The second-order valence-corrected chi connectivity index (χ2v) is 8.73. The molecule has 5 rings (SSSR count). The number of nitrogens with one attached hydrogen (secondary N) is 1. The highest BCUT2D eigenvalue weighted by Gasteiger charge is 2.46. The Morgan fingerprint density at radius 2 is 1.66 bits per heavy atom. The average Bonchev–Trinajstić information content (AvgIpc) is 3.36. The molecule has 152 valence electrons. The standard InChI is InChI=1S/C24H30N4O/c1-26-11-13-27(14-12-26)21-9-7-19(8-10-21)24(29)28-17-20-15-25-16-22(20)23(28)18-5-3-2-4-6-18/h2-10,20,22-23,25H,11-17H2,1H3/t20-,22-,23+/m0/s1. The monoisotopic (exact) mass is 390 g/mol. The third-order valence-corrected chi connectivity index (χ3v) is 6.95. The van der Waals surface area contributed by atoms with Crippen LogP contribution in [0.4, 0.5) is 5.69 Å². The van der Waals surface area contributed by atoms with Crippen LogP contribution in [-0.2, 0) is 0 Å². The van der Waals surface area contributed by atoms with Gasteiger partial charge in [-0.15, -0.1) is 0 Å². The van der Waals surface area contributed by atoms with Gasteiger partial charge in [0.05, 0.1) is 6.04 Å². The summed E-state index contributed by atoms with van der Waals surface area (Å²) in [5.74, 6) is 1.22. The molecule has 0 aliphatic carbocycles. The van der Waals surface area contributed by atoms with E-state index in [9.17, 15) is 4.79 Å². The zero-order valence-corrected chi connectivity index (χ0v) is 17.1. The molecule has 3 atom stereocenters. The molecule has 0 unspecified atom stereocenters. The van der Waals surface area contributed by atoms with Crippen molar-refractivity contribution in [2.24, 2.45) is 11.8 Å². The first-order valence-corrected chi connectivity index (χ1v) is 10.8. The van der Waals surface area contributed by atoms with Gasteiger partial charge in [-0.2, -0.15) is 0 Å². The Morgan fingerprint density at radius 1 is 0.931 bits per heavy atom. The number of hydrogen-bond acceptors (Lipinski definition) is 4. The maximum atomic E-state index is 13.5. The summed E-state index contributed by atoms with van der Waals surface area (Å²) in [6.07, 6.45) is 0. The second kappa shape index (κ2) is 7.81. The number of benzene rings is 2. The average molecular weight is 391 g/mol. The Kier molecular flexibility index (Phi) is 5.02.